The zero-order chi connectivity index (χ0) is 19.8. The fourth-order valence-corrected chi connectivity index (χ4v) is 3.17. The van der Waals surface area contributed by atoms with Crippen LogP contribution in [-0.4, -0.2) is 28.8 Å². The maximum Gasteiger partial charge on any atom is 0.437 e. The third kappa shape index (κ3) is 3.40. The Labute approximate surface area is 153 Å². The lowest BCUT2D eigenvalue weighted by molar-refractivity contribution is -0.287. The number of halogens is 3. The summed E-state index contributed by atoms with van der Waals surface area (Å²) in [7, 11) is 0. The van der Waals surface area contributed by atoms with Crippen molar-refractivity contribution in [3.05, 3.63) is 71.3 Å². The summed E-state index contributed by atoms with van der Waals surface area (Å²) in [5, 5.41) is 14.3. The van der Waals surface area contributed by atoms with E-state index in [0.29, 0.717) is 0 Å². The molecule has 1 aliphatic rings. The summed E-state index contributed by atoms with van der Waals surface area (Å²) in [4.78, 5) is 24.9. The molecule has 1 saturated heterocycles. The number of nitrogens with one attached hydrogen (secondary N) is 2. The van der Waals surface area contributed by atoms with Crippen molar-refractivity contribution < 1.29 is 27.9 Å². The van der Waals surface area contributed by atoms with Crippen LogP contribution in [0.3, 0.4) is 0 Å². The van der Waals surface area contributed by atoms with E-state index in [9.17, 15) is 27.9 Å². The van der Waals surface area contributed by atoms with Gasteiger partial charge in [0.2, 0.25) is 5.72 Å². The molecule has 8 heteroatoms. The Morgan fingerprint density at radius 3 is 2.22 bits per heavy atom. The predicted molar refractivity (Wildman–Crippen MR) is 90.9 cm³/mol. The van der Waals surface area contributed by atoms with E-state index in [4.69, 9.17) is 0 Å². The van der Waals surface area contributed by atoms with Crippen molar-refractivity contribution >= 4 is 11.8 Å². The normalized spacial score (nSPS) is 25.4. The SMILES string of the molecule is Cc1ccc([C@@H]2NC(=O)N[C@](O)(C(F)(F)F)[C@@H]2C(=O)c2ccccc2)cc1. The Bertz CT molecular complexity index is 853. The largest absolute Gasteiger partial charge is 0.437 e. The molecule has 0 unspecified atom stereocenters. The number of carbonyl (C=O) groups is 2. The number of urea groups is 1. The van der Waals surface area contributed by atoms with Gasteiger partial charge in [0.15, 0.2) is 5.78 Å². The maximum atomic E-state index is 13.7. The summed E-state index contributed by atoms with van der Waals surface area (Å²) in [6.45, 7) is 1.80. The molecule has 0 bridgehead atoms. The van der Waals surface area contributed by atoms with Crippen LogP contribution in [0.1, 0.15) is 27.5 Å². The second-order valence-corrected chi connectivity index (χ2v) is 6.46. The smallest absolute Gasteiger partial charge is 0.363 e. The molecule has 2 amide bonds. The van der Waals surface area contributed by atoms with Crippen LogP contribution in [0.25, 0.3) is 0 Å². The number of Topliss-reactive ketones (excluding diaryl/α,β-unsaturated/α-hetero) is 1. The molecule has 5 nitrogen and oxygen atoms in total. The van der Waals surface area contributed by atoms with E-state index in [0.717, 1.165) is 5.56 Å². The highest BCUT2D eigenvalue weighted by atomic mass is 19.4. The number of rotatable bonds is 3. The van der Waals surface area contributed by atoms with Crippen molar-refractivity contribution in [2.75, 3.05) is 0 Å². The number of carbonyl (C=O) groups excluding carboxylic acids is 2. The molecule has 0 saturated carbocycles. The summed E-state index contributed by atoms with van der Waals surface area (Å²) < 4.78 is 41.2. The molecule has 0 spiro atoms. The van der Waals surface area contributed by atoms with Crippen LogP contribution >= 0.6 is 0 Å². The van der Waals surface area contributed by atoms with Gasteiger partial charge in [0.25, 0.3) is 0 Å². The molecular weight excluding hydrogens is 361 g/mol. The van der Waals surface area contributed by atoms with Gasteiger partial charge in [-0.2, -0.15) is 13.2 Å². The van der Waals surface area contributed by atoms with Crippen LogP contribution in [0.15, 0.2) is 54.6 Å². The van der Waals surface area contributed by atoms with Gasteiger partial charge in [-0.3, -0.25) is 4.79 Å². The molecule has 0 aromatic heterocycles. The van der Waals surface area contributed by atoms with Crippen molar-refractivity contribution in [3.63, 3.8) is 0 Å². The summed E-state index contributed by atoms with van der Waals surface area (Å²) >= 11 is 0. The summed E-state index contributed by atoms with van der Waals surface area (Å²) in [6, 6.07) is 11.1. The van der Waals surface area contributed by atoms with Gasteiger partial charge in [0.05, 0.1) is 6.04 Å². The minimum Gasteiger partial charge on any atom is -0.363 e. The van der Waals surface area contributed by atoms with Gasteiger partial charge in [-0.1, -0.05) is 60.2 Å². The number of aliphatic hydroxyl groups is 1. The summed E-state index contributed by atoms with van der Waals surface area (Å²) in [6.07, 6.45) is -5.26. The van der Waals surface area contributed by atoms with Crippen molar-refractivity contribution in [2.45, 2.75) is 24.9 Å². The van der Waals surface area contributed by atoms with E-state index < -0.39 is 35.7 Å². The van der Waals surface area contributed by atoms with Crippen molar-refractivity contribution in [3.8, 4) is 0 Å². The minimum absolute atomic E-state index is 0.000218. The standard InChI is InChI=1S/C19H17F3N2O3/c1-11-7-9-12(10-8-11)15-14(16(25)13-5-3-2-4-6-13)18(27,19(20,21)22)24-17(26)23-15/h2-10,14-15,27H,1H3,(H2,23,24,26)/t14-,15-,18+/m0/s1. The van der Waals surface area contributed by atoms with Crippen LogP contribution < -0.4 is 10.6 Å². The van der Waals surface area contributed by atoms with Gasteiger partial charge in [0, 0.05) is 5.56 Å². The van der Waals surface area contributed by atoms with E-state index in [2.05, 4.69) is 5.32 Å². The average molecular weight is 378 g/mol. The first kappa shape index (κ1) is 18.9. The first-order valence-electron chi connectivity index (χ1n) is 8.17. The van der Waals surface area contributed by atoms with Crippen LogP contribution in [0, 0.1) is 12.8 Å². The molecule has 2 aromatic carbocycles. The van der Waals surface area contributed by atoms with Crippen LogP contribution in [-0.2, 0) is 0 Å². The van der Waals surface area contributed by atoms with Gasteiger partial charge < -0.3 is 15.7 Å². The number of alkyl halides is 3. The molecule has 27 heavy (non-hydrogen) atoms. The van der Waals surface area contributed by atoms with Crippen LogP contribution in [0.4, 0.5) is 18.0 Å². The fourth-order valence-electron chi connectivity index (χ4n) is 3.17. The van der Waals surface area contributed by atoms with Crippen LogP contribution in [0.5, 0.6) is 0 Å². The van der Waals surface area contributed by atoms with Gasteiger partial charge in [-0.25, -0.2) is 4.79 Å². The lowest BCUT2D eigenvalue weighted by Crippen LogP contribution is -2.72. The topological polar surface area (TPSA) is 78.4 Å². The Morgan fingerprint density at radius 2 is 1.67 bits per heavy atom. The maximum absolute atomic E-state index is 13.7. The number of aryl methyl sites for hydroxylation is 1. The highest BCUT2D eigenvalue weighted by molar-refractivity contribution is 6.00. The molecular formula is C19H17F3N2O3. The zero-order valence-corrected chi connectivity index (χ0v) is 14.2. The van der Waals surface area contributed by atoms with Gasteiger partial charge >= 0.3 is 12.2 Å². The predicted octanol–water partition coefficient (Wildman–Crippen LogP) is 3.10. The summed E-state index contributed by atoms with van der Waals surface area (Å²) in [5.74, 6) is -2.95. The molecule has 1 heterocycles. The van der Waals surface area contributed by atoms with Gasteiger partial charge in [-0.05, 0) is 12.5 Å². The molecule has 3 N–H and O–H groups in total. The van der Waals surface area contributed by atoms with E-state index in [1.165, 1.54) is 41.7 Å². The van der Waals surface area contributed by atoms with E-state index in [1.54, 1.807) is 25.1 Å². The Kier molecular flexibility index (Phi) is 4.69. The first-order chi connectivity index (χ1) is 12.6. The van der Waals surface area contributed by atoms with Gasteiger partial charge in [0.1, 0.15) is 5.92 Å². The monoisotopic (exact) mass is 378 g/mol. The Morgan fingerprint density at radius 1 is 1.07 bits per heavy atom. The molecule has 1 fully saturated rings. The number of hydrogen-bond acceptors (Lipinski definition) is 3. The molecule has 0 aliphatic carbocycles. The quantitative estimate of drug-likeness (QED) is 0.719. The molecule has 3 atom stereocenters. The molecule has 1 aliphatic heterocycles. The zero-order valence-electron chi connectivity index (χ0n) is 14.2. The van der Waals surface area contributed by atoms with Crippen molar-refractivity contribution in [1.29, 1.82) is 0 Å². The fraction of sp³-hybridized carbons (Fsp3) is 0.263. The highest BCUT2D eigenvalue weighted by Gasteiger charge is 2.66. The Hall–Kier alpha value is -2.87. The average Bonchev–Trinajstić information content (AvgIpc) is 2.61. The third-order valence-electron chi connectivity index (χ3n) is 4.58. The lowest BCUT2D eigenvalue weighted by atomic mass is 9.77. The molecule has 3 rings (SSSR count). The van der Waals surface area contributed by atoms with E-state index >= 15 is 0 Å². The molecule has 142 valence electrons. The second kappa shape index (κ2) is 6.70. The van der Waals surface area contributed by atoms with Crippen molar-refractivity contribution in [1.82, 2.24) is 10.6 Å². The number of ketones is 1. The summed E-state index contributed by atoms with van der Waals surface area (Å²) in [5.41, 5.74) is -2.57. The number of benzene rings is 2. The third-order valence-corrected chi connectivity index (χ3v) is 4.58. The number of hydrogen-bond donors (Lipinski definition) is 3. The molecule has 2 aromatic rings. The Balaban J connectivity index is 2.15. The van der Waals surface area contributed by atoms with Gasteiger partial charge in [-0.15, -0.1) is 0 Å². The van der Waals surface area contributed by atoms with Crippen molar-refractivity contribution in [2.24, 2.45) is 5.92 Å². The molecule has 0 radical (unpaired) electrons. The second-order valence-electron chi connectivity index (χ2n) is 6.46. The first-order valence-corrected chi connectivity index (χ1v) is 8.17. The number of amides is 2. The minimum atomic E-state index is -5.26. The van der Waals surface area contributed by atoms with Crippen LogP contribution in [0.2, 0.25) is 0 Å². The highest BCUT2D eigenvalue weighted by Crippen LogP contribution is 2.43. The van der Waals surface area contributed by atoms with E-state index in [-0.39, 0.29) is 11.1 Å². The lowest BCUT2D eigenvalue weighted by Gasteiger charge is -2.45. The van der Waals surface area contributed by atoms with E-state index in [1.807, 2.05) is 0 Å².